The van der Waals surface area contributed by atoms with E-state index in [4.69, 9.17) is 14.7 Å². The molecule has 2 aliphatic carbocycles. The van der Waals surface area contributed by atoms with Crippen LogP contribution < -0.4 is 10.1 Å². The van der Waals surface area contributed by atoms with Crippen LogP contribution in [-0.4, -0.2) is 28.7 Å². The SMILES string of the molecule is COc1ccc(C)cc1NC(=O)CSc1nc(C2CC2)nc2sc3c(c12)CC[C@H](C)C3. The molecule has 3 aromatic rings. The van der Waals surface area contributed by atoms with Crippen LogP contribution in [0.2, 0.25) is 0 Å². The van der Waals surface area contributed by atoms with Gasteiger partial charge in [0.15, 0.2) is 0 Å². The van der Waals surface area contributed by atoms with Crippen LogP contribution in [0, 0.1) is 12.8 Å². The summed E-state index contributed by atoms with van der Waals surface area (Å²) in [7, 11) is 1.62. The highest BCUT2D eigenvalue weighted by atomic mass is 32.2. The highest BCUT2D eigenvalue weighted by Crippen LogP contribution is 2.44. The zero-order valence-corrected chi connectivity index (χ0v) is 19.8. The molecule has 0 aliphatic heterocycles. The van der Waals surface area contributed by atoms with Gasteiger partial charge in [-0.15, -0.1) is 11.3 Å². The summed E-state index contributed by atoms with van der Waals surface area (Å²) in [5.41, 5.74) is 3.21. The number of thiophene rings is 1. The lowest BCUT2D eigenvalue weighted by atomic mass is 9.89. The molecule has 1 atom stereocenters. The molecular formula is C24H27N3O2S2. The minimum Gasteiger partial charge on any atom is -0.495 e. The number of thioether (sulfide) groups is 1. The van der Waals surface area contributed by atoms with E-state index >= 15 is 0 Å². The third-order valence-corrected chi connectivity index (χ3v) is 8.17. The van der Waals surface area contributed by atoms with Crippen molar-refractivity contribution in [2.45, 2.75) is 56.9 Å². The number of nitrogens with zero attached hydrogens (tertiary/aromatic N) is 2. The van der Waals surface area contributed by atoms with Crippen LogP contribution in [0.4, 0.5) is 5.69 Å². The maximum absolute atomic E-state index is 12.8. The number of carbonyl (C=O) groups excluding carboxylic acids is 1. The third kappa shape index (κ3) is 4.30. The Morgan fingerprint density at radius 1 is 1.29 bits per heavy atom. The summed E-state index contributed by atoms with van der Waals surface area (Å²) in [5, 5.41) is 5.18. The number of aromatic nitrogens is 2. The number of anilines is 1. The topological polar surface area (TPSA) is 64.1 Å². The number of ether oxygens (including phenoxy) is 1. The number of methoxy groups -OCH3 is 1. The Balaban J connectivity index is 1.41. The molecular weight excluding hydrogens is 426 g/mol. The summed E-state index contributed by atoms with van der Waals surface area (Å²) in [4.78, 5) is 25.2. The first-order valence-electron chi connectivity index (χ1n) is 10.9. The van der Waals surface area contributed by atoms with Gasteiger partial charge in [-0.25, -0.2) is 9.97 Å². The highest BCUT2D eigenvalue weighted by Gasteiger charge is 2.30. The zero-order chi connectivity index (χ0) is 21.5. The van der Waals surface area contributed by atoms with Crippen molar-refractivity contribution < 1.29 is 9.53 Å². The van der Waals surface area contributed by atoms with Gasteiger partial charge in [-0.2, -0.15) is 0 Å². The van der Waals surface area contributed by atoms with Gasteiger partial charge in [0.25, 0.3) is 0 Å². The van der Waals surface area contributed by atoms with Gasteiger partial charge in [-0.1, -0.05) is 24.8 Å². The number of rotatable bonds is 6. The van der Waals surface area contributed by atoms with Gasteiger partial charge >= 0.3 is 0 Å². The van der Waals surface area contributed by atoms with Crippen molar-refractivity contribution in [2.75, 3.05) is 18.2 Å². The normalized spacial score (nSPS) is 18.1. The maximum Gasteiger partial charge on any atom is 0.234 e. The molecule has 1 amide bonds. The van der Waals surface area contributed by atoms with Crippen LogP contribution in [0.3, 0.4) is 0 Å². The molecule has 0 spiro atoms. The Morgan fingerprint density at radius 3 is 2.90 bits per heavy atom. The van der Waals surface area contributed by atoms with E-state index in [1.54, 1.807) is 7.11 Å². The number of hydrogen-bond acceptors (Lipinski definition) is 6. The minimum atomic E-state index is -0.0497. The molecule has 5 nitrogen and oxygen atoms in total. The first-order chi connectivity index (χ1) is 15.0. The lowest BCUT2D eigenvalue weighted by Gasteiger charge is -2.18. The van der Waals surface area contributed by atoms with Gasteiger partial charge in [-0.05, 0) is 68.2 Å². The molecule has 0 bridgehead atoms. The minimum absolute atomic E-state index is 0.0497. The molecule has 0 saturated heterocycles. The fraction of sp³-hybridized carbons (Fsp3) is 0.458. The average molecular weight is 454 g/mol. The quantitative estimate of drug-likeness (QED) is 0.381. The van der Waals surface area contributed by atoms with Crippen molar-refractivity contribution in [2.24, 2.45) is 5.92 Å². The van der Waals surface area contributed by atoms with E-state index in [0.29, 0.717) is 23.1 Å². The van der Waals surface area contributed by atoms with E-state index in [-0.39, 0.29) is 5.91 Å². The molecule has 0 unspecified atom stereocenters. The molecule has 7 heteroatoms. The second-order valence-corrected chi connectivity index (χ2v) is 10.8. The second kappa shape index (κ2) is 8.43. The third-order valence-electron chi connectivity index (χ3n) is 6.05. The molecule has 0 radical (unpaired) electrons. The largest absolute Gasteiger partial charge is 0.495 e. The van der Waals surface area contributed by atoms with E-state index in [2.05, 4.69) is 12.2 Å². The lowest BCUT2D eigenvalue weighted by molar-refractivity contribution is -0.113. The number of carbonyl (C=O) groups is 1. The smallest absolute Gasteiger partial charge is 0.234 e. The van der Waals surface area contributed by atoms with Crippen LogP contribution in [0.5, 0.6) is 5.75 Å². The van der Waals surface area contributed by atoms with Gasteiger partial charge in [0.2, 0.25) is 5.91 Å². The number of amides is 1. The van der Waals surface area contributed by atoms with Crippen molar-refractivity contribution in [3.05, 3.63) is 40.0 Å². The van der Waals surface area contributed by atoms with E-state index < -0.39 is 0 Å². The Kier molecular flexibility index (Phi) is 5.65. The summed E-state index contributed by atoms with van der Waals surface area (Å²) in [6.07, 6.45) is 5.77. The molecule has 31 heavy (non-hydrogen) atoms. The first kappa shape index (κ1) is 20.8. The number of aryl methyl sites for hydroxylation is 2. The van der Waals surface area contributed by atoms with Crippen LogP contribution >= 0.6 is 23.1 Å². The predicted octanol–water partition coefficient (Wildman–Crippen LogP) is 5.74. The average Bonchev–Trinajstić information content (AvgIpc) is 3.53. The molecule has 1 fully saturated rings. The Hall–Kier alpha value is -2.12. The predicted molar refractivity (Wildman–Crippen MR) is 128 cm³/mol. The Bertz CT molecular complexity index is 1150. The standard InChI is InChI=1S/C24H27N3O2S2/c1-13-5-9-18(29-3)17(10-13)25-20(28)12-30-23-21-16-8-4-14(2)11-19(16)31-24(21)27-22(26-23)15-6-7-15/h5,9-10,14-15H,4,6-8,11-12H2,1-3H3,(H,25,28)/t14-/m0/s1. The number of benzene rings is 1. The molecule has 1 aromatic carbocycles. The number of fused-ring (bicyclic) bond motifs is 3. The van der Waals surface area contributed by atoms with E-state index in [0.717, 1.165) is 40.0 Å². The number of hydrogen-bond donors (Lipinski definition) is 1. The van der Waals surface area contributed by atoms with Crippen LogP contribution in [-0.2, 0) is 17.6 Å². The van der Waals surface area contributed by atoms with Crippen molar-refractivity contribution in [1.82, 2.24) is 9.97 Å². The summed E-state index contributed by atoms with van der Waals surface area (Å²) in [6.45, 7) is 4.33. The van der Waals surface area contributed by atoms with Crippen molar-refractivity contribution in [3.63, 3.8) is 0 Å². The molecule has 2 aliphatic rings. The Labute approximate surface area is 191 Å². The van der Waals surface area contributed by atoms with Crippen molar-refractivity contribution in [3.8, 4) is 5.75 Å². The van der Waals surface area contributed by atoms with Crippen molar-refractivity contribution >= 4 is 44.9 Å². The fourth-order valence-electron chi connectivity index (χ4n) is 4.19. The monoisotopic (exact) mass is 453 g/mol. The van der Waals surface area contributed by atoms with Gasteiger partial charge in [0.1, 0.15) is 21.4 Å². The number of nitrogens with one attached hydrogen (secondary N) is 1. The fourth-order valence-corrected chi connectivity index (χ4v) is 6.51. The van der Waals surface area contributed by atoms with E-state index in [1.807, 2.05) is 36.5 Å². The second-order valence-electron chi connectivity index (χ2n) is 8.73. The molecule has 1 N–H and O–H groups in total. The first-order valence-corrected chi connectivity index (χ1v) is 12.7. The van der Waals surface area contributed by atoms with Gasteiger partial charge in [0, 0.05) is 16.2 Å². The van der Waals surface area contributed by atoms with Crippen LogP contribution in [0.15, 0.2) is 23.2 Å². The van der Waals surface area contributed by atoms with Crippen LogP contribution in [0.25, 0.3) is 10.2 Å². The van der Waals surface area contributed by atoms with Crippen molar-refractivity contribution in [1.29, 1.82) is 0 Å². The molecule has 2 aromatic heterocycles. The van der Waals surface area contributed by atoms with E-state index in [9.17, 15) is 4.79 Å². The van der Waals surface area contributed by atoms with Crippen LogP contribution in [0.1, 0.15) is 53.9 Å². The summed E-state index contributed by atoms with van der Waals surface area (Å²) < 4.78 is 5.39. The Morgan fingerprint density at radius 2 is 2.13 bits per heavy atom. The van der Waals surface area contributed by atoms with Gasteiger partial charge in [0.05, 0.1) is 18.6 Å². The highest BCUT2D eigenvalue weighted by molar-refractivity contribution is 8.00. The zero-order valence-electron chi connectivity index (χ0n) is 18.2. The van der Waals surface area contributed by atoms with E-state index in [1.165, 1.54) is 46.9 Å². The van der Waals surface area contributed by atoms with Gasteiger partial charge < -0.3 is 10.1 Å². The molecule has 5 rings (SSSR count). The molecule has 162 valence electrons. The lowest BCUT2D eigenvalue weighted by Crippen LogP contribution is -2.15. The molecule has 2 heterocycles. The van der Waals surface area contributed by atoms with Gasteiger partial charge in [-0.3, -0.25) is 4.79 Å². The summed E-state index contributed by atoms with van der Waals surface area (Å²) in [6, 6.07) is 5.79. The summed E-state index contributed by atoms with van der Waals surface area (Å²) in [5.74, 6) is 3.11. The molecule has 1 saturated carbocycles. The maximum atomic E-state index is 12.8. The summed E-state index contributed by atoms with van der Waals surface area (Å²) >= 11 is 3.37.